The fraction of sp³-hybridized carbons (Fsp3) is 0.400. The second-order valence-electron chi connectivity index (χ2n) is 5.22. The van der Waals surface area contributed by atoms with Gasteiger partial charge in [-0.3, -0.25) is 4.68 Å². The number of rotatable bonds is 3. The van der Waals surface area contributed by atoms with Gasteiger partial charge in [-0.15, -0.1) is 0 Å². The van der Waals surface area contributed by atoms with Crippen LogP contribution in [0.5, 0.6) is 0 Å². The highest BCUT2D eigenvalue weighted by Crippen LogP contribution is 2.47. The highest BCUT2D eigenvalue weighted by atomic mass is 16.3. The lowest BCUT2D eigenvalue weighted by atomic mass is 10.1. The SMILES string of the molecule is Cc1nn(Cc2ccccc2)c(C)c1C1(O)CC1. The monoisotopic (exact) mass is 242 g/mol. The molecular weight excluding hydrogens is 224 g/mol. The van der Waals surface area contributed by atoms with Crippen molar-refractivity contribution in [3.8, 4) is 0 Å². The number of nitrogens with zero attached hydrogens (tertiary/aromatic N) is 2. The minimum Gasteiger partial charge on any atom is -0.385 e. The summed E-state index contributed by atoms with van der Waals surface area (Å²) in [5.74, 6) is 0. The molecule has 0 spiro atoms. The molecule has 1 fully saturated rings. The average molecular weight is 242 g/mol. The molecule has 0 amide bonds. The molecule has 1 aromatic carbocycles. The zero-order valence-corrected chi connectivity index (χ0v) is 10.8. The van der Waals surface area contributed by atoms with E-state index in [0.29, 0.717) is 0 Å². The summed E-state index contributed by atoms with van der Waals surface area (Å²) in [4.78, 5) is 0. The van der Waals surface area contributed by atoms with Crippen LogP contribution in [-0.4, -0.2) is 14.9 Å². The smallest absolute Gasteiger partial charge is 0.0934 e. The van der Waals surface area contributed by atoms with Crippen molar-refractivity contribution in [2.24, 2.45) is 0 Å². The van der Waals surface area contributed by atoms with E-state index in [2.05, 4.69) is 24.2 Å². The van der Waals surface area contributed by atoms with Gasteiger partial charge in [0, 0.05) is 11.3 Å². The first-order chi connectivity index (χ1) is 8.60. The second kappa shape index (κ2) is 3.95. The Hall–Kier alpha value is -1.61. The first kappa shape index (κ1) is 11.5. The van der Waals surface area contributed by atoms with Crippen LogP contribution in [0.25, 0.3) is 0 Å². The summed E-state index contributed by atoms with van der Waals surface area (Å²) < 4.78 is 2.00. The molecule has 0 saturated heterocycles. The van der Waals surface area contributed by atoms with Crippen LogP contribution in [0.1, 0.15) is 35.4 Å². The van der Waals surface area contributed by atoms with Crippen LogP contribution in [-0.2, 0) is 12.1 Å². The van der Waals surface area contributed by atoms with Crippen LogP contribution < -0.4 is 0 Å². The summed E-state index contributed by atoms with van der Waals surface area (Å²) in [6.45, 7) is 4.80. The molecule has 94 valence electrons. The highest BCUT2D eigenvalue weighted by Gasteiger charge is 2.45. The number of aryl methyl sites for hydroxylation is 1. The Balaban J connectivity index is 1.95. The third-order valence-electron chi connectivity index (χ3n) is 3.75. The van der Waals surface area contributed by atoms with Gasteiger partial charge >= 0.3 is 0 Å². The molecule has 1 saturated carbocycles. The van der Waals surface area contributed by atoms with Crippen LogP contribution >= 0.6 is 0 Å². The van der Waals surface area contributed by atoms with E-state index in [9.17, 15) is 5.11 Å². The Morgan fingerprint density at radius 1 is 1.22 bits per heavy atom. The van der Waals surface area contributed by atoms with Gasteiger partial charge in [0.05, 0.1) is 17.8 Å². The molecule has 0 unspecified atom stereocenters. The summed E-state index contributed by atoms with van der Waals surface area (Å²) in [6, 6.07) is 10.3. The van der Waals surface area contributed by atoms with E-state index < -0.39 is 5.60 Å². The zero-order chi connectivity index (χ0) is 12.8. The largest absolute Gasteiger partial charge is 0.385 e. The molecule has 0 aliphatic heterocycles. The predicted molar refractivity (Wildman–Crippen MR) is 70.4 cm³/mol. The first-order valence-electron chi connectivity index (χ1n) is 6.41. The van der Waals surface area contributed by atoms with Crippen LogP contribution in [0.15, 0.2) is 30.3 Å². The van der Waals surface area contributed by atoms with E-state index in [1.165, 1.54) is 5.56 Å². The topological polar surface area (TPSA) is 38.0 Å². The summed E-state index contributed by atoms with van der Waals surface area (Å²) in [5, 5.41) is 14.9. The Labute approximate surface area is 107 Å². The van der Waals surface area contributed by atoms with Crippen LogP contribution in [0.3, 0.4) is 0 Å². The molecular formula is C15H18N2O. The second-order valence-corrected chi connectivity index (χ2v) is 5.22. The van der Waals surface area contributed by atoms with Gasteiger partial charge in [-0.1, -0.05) is 30.3 Å². The maximum atomic E-state index is 10.3. The summed E-state index contributed by atoms with van der Waals surface area (Å²) in [7, 11) is 0. The van der Waals surface area contributed by atoms with Crippen molar-refractivity contribution >= 4 is 0 Å². The maximum Gasteiger partial charge on any atom is 0.0934 e. The van der Waals surface area contributed by atoms with E-state index in [-0.39, 0.29) is 0 Å². The van der Waals surface area contributed by atoms with Gasteiger partial charge in [-0.05, 0) is 32.3 Å². The third-order valence-corrected chi connectivity index (χ3v) is 3.75. The third kappa shape index (κ3) is 1.85. The number of benzene rings is 1. The van der Waals surface area contributed by atoms with E-state index in [0.717, 1.165) is 36.3 Å². The summed E-state index contributed by atoms with van der Waals surface area (Å²) in [6.07, 6.45) is 1.73. The fourth-order valence-corrected chi connectivity index (χ4v) is 2.65. The van der Waals surface area contributed by atoms with Crippen molar-refractivity contribution in [1.29, 1.82) is 0 Å². The summed E-state index contributed by atoms with van der Waals surface area (Å²) >= 11 is 0. The summed E-state index contributed by atoms with van der Waals surface area (Å²) in [5.41, 5.74) is 3.74. The normalized spacial score (nSPS) is 16.8. The van der Waals surface area contributed by atoms with Crippen LogP contribution in [0.4, 0.5) is 0 Å². The number of hydrogen-bond acceptors (Lipinski definition) is 2. The molecule has 0 atom stereocenters. The molecule has 1 heterocycles. The van der Waals surface area contributed by atoms with Gasteiger partial charge in [-0.2, -0.15) is 5.10 Å². The number of aliphatic hydroxyl groups is 1. The Kier molecular flexibility index (Phi) is 2.52. The van der Waals surface area contributed by atoms with Crippen LogP contribution in [0, 0.1) is 13.8 Å². The molecule has 3 nitrogen and oxygen atoms in total. The molecule has 1 aromatic heterocycles. The van der Waals surface area contributed by atoms with Gasteiger partial charge in [0.15, 0.2) is 0 Å². The van der Waals surface area contributed by atoms with Crippen molar-refractivity contribution in [3.63, 3.8) is 0 Å². The van der Waals surface area contributed by atoms with E-state index in [4.69, 9.17) is 0 Å². The van der Waals surface area contributed by atoms with Crippen molar-refractivity contribution in [1.82, 2.24) is 9.78 Å². The van der Waals surface area contributed by atoms with Crippen molar-refractivity contribution in [2.45, 2.75) is 38.8 Å². The van der Waals surface area contributed by atoms with Crippen molar-refractivity contribution in [3.05, 3.63) is 52.8 Å². The molecule has 1 aliphatic rings. The maximum absolute atomic E-state index is 10.3. The lowest BCUT2D eigenvalue weighted by molar-refractivity contribution is 0.150. The molecule has 2 aromatic rings. The Morgan fingerprint density at radius 3 is 2.50 bits per heavy atom. The lowest BCUT2D eigenvalue weighted by Crippen LogP contribution is -2.09. The standard InChI is InChI=1S/C15H18N2O/c1-11-14(15(18)8-9-15)12(2)17(16-11)10-13-6-4-3-5-7-13/h3-7,18H,8-10H2,1-2H3. The predicted octanol–water partition coefficient (Wildman–Crippen LogP) is 2.53. The van der Waals surface area contributed by atoms with Gasteiger partial charge in [-0.25, -0.2) is 0 Å². The molecule has 1 N–H and O–H groups in total. The van der Waals surface area contributed by atoms with E-state index in [1.807, 2.05) is 29.8 Å². The quantitative estimate of drug-likeness (QED) is 0.898. The van der Waals surface area contributed by atoms with Gasteiger partial charge in [0.25, 0.3) is 0 Å². The van der Waals surface area contributed by atoms with Crippen LogP contribution in [0.2, 0.25) is 0 Å². The lowest BCUT2D eigenvalue weighted by Gasteiger charge is -2.09. The average Bonchev–Trinajstić information content (AvgIpc) is 3.01. The minimum atomic E-state index is -0.594. The molecule has 0 bridgehead atoms. The molecule has 1 aliphatic carbocycles. The number of aromatic nitrogens is 2. The van der Waals surface area contributed by atoms with Crippen molar-refractivity contribution in [2.75, 3.05) is 0 Å². The first-order valence-corrected chi connectivity index (χ1v) is 6.41. The van der Waals surface area contributed by atoms with Crippen molar-refractivity contribution < 1.29 is 5.11 Å². The zero-order valence-electron chi connectivity index (χ0n) is 10.8. The van der Waals surface area contributed by atoms with E-state index >= 15 is 0 Å². The Morgan fingerprint density at radius 2 is 1.89 bits per heavy atom. The molecule has 18 heavy (non-hydrogen) atoms. The fourth-order valence-electron chi connectivity index (χ4n) is 2.65. The van der Waals surface area contributed by atoms with Gasteiger partial charge < -0.3 is 5.11 Å². The molecule has 0 radical (unpaired) electrons. The van der Waals surface area contributed by atoms with Gasteiger partial charge in [0.1, 0.15) is 0 Å². The number of hydrogen-bond donors (Lipinski definition) is 1. The molecule has 3 rings (SSSR count). The molecule has 3 heteroatoms. The minimum absolute atomic E-state index is 0.594. The Bertz CT molecular complexity index is 568. The van der Waals surface area contributed by atoms with Gasteiger partial charge in [0.2, 0.25) is 0 Å². The highest BCUT2D eigenvalue weighted by molar-refractivity contribution is 5.35. The van der Waals surface area contributed by atoms with E-state index in [1.54, 1.807) is 0 Å².